The molecule has 0 saturated carbocycles. The van der Waals surface area contributed by atoms with E-state index in [2.05, 4.69) is 15.3 Å². The Kier molecular flexibility index (Phi) is 5.61. The van der Waals surface area contributed by atoms with E-state index in [1.165, 1.54) is 25.6 Å². The first-order valence-corrected chi connectivity index (χ1v) is 8.18. The molecule has 0 atom stereocenters. The standard InChI is InChI=1S/C20H18FN3O3/c1-26-16-6-3-13(4-7-16)18-10-15(23-12-24-18)11-22-20(25)14-5-8-19(27-2)17(21)9-14/h3-10,12H,11H2,1-2H3,(H,22,25). The Morgan fingerprint density at radius 3 is 2.48 bits per heavy atom. The van der Waals surface area contributed by atoms with Crippen molar-refractivity contribution in [2.24, 2.45) is 0 Å². The smallest absolute Gasteiger partial charge is 0.251 e. The number of methoxy groups -OCH3 is 2. The maximum Gasteiger partial charge on any atom is 0.251 e. The fourth-order valence-electron chi connectivity index (χ4n) is 2.49. The molecule has 0 saturated heterocycles. The van der Waals surface area contributed by atoms with Crippen molar-refractivity contribution >= 4 is 5.91 Å². The van der Waals surface area contributed by atoms with Gasteiger partial charge in [0.15, 0.2) is 11.6 Å². The van der Waals surface area contributed by atoms with Gasteiger partial charge in [-0.1, -0.05) is 0 Å². The zero-order valence-electron chi connectivity index (χ0n) is 14.9. The summed E-state index contributed by atoms with van der Waals surface area (Å²) in [6.07, 6.45) is 1.44. The Balaban J connectivity index is 1.69. The van der Waals surface area contributed by atoms with Gasteiger partial charge in [-0.05, 0) is 48.5 Å². The van der Waals surface area contributed by atoms with Crippen LogP contribution in [0.4, 0.5) is 4.39 Å². The molecular weight excluding hydrogens is 349 g/mol. The van der Waals surface area contributed by atoms with Gasteiger partial charge < -0.3 is 14.8 Å². The summed E-state index contributed by atoms with van der Waals surface area (Å²) in [4.78, 5) is 20.6. The first-order chi connectivity index (χ1) is 13.1. The van der Waals surface area contributed by atoms with Crippen molar-refractivity contribution in [1.82, 2.24) is 15.3 Å². The van der Waals surface area contributed by atoms with E-state index in [0.717, 1.165) is 23.1 Å². The maximum atomic E-state index is 13.7. The molecule has 7 heteroatoms. The second kappa shape index (κ2) is 8.27. The van der Waals surface area contributed by atoms with Crippen LogP contribution in [0.2, 0.25) is 0 Å². The van der Waals surface area contributed by atoms with Crippen LogP contribution in [0, 0.1) is 5.82 Å². The molecule has 1 aromatic heterocycles. The third-order valence-electron chi connectivity index (χ3n) is 3.95. The van der Waals surface area contributed by atoms with Gasteiger partial charge in [0.1, 0.15) is 12.1 Å². The summed E-state index contributed by atoms with van der Waals surface area (Å²) >= 11 is 0. The molecule has 2 aromatic carbocycles. The van der Waals surface area contributed by atoms with E-state index in [1.807, 2.05) is 24.3 Å². The van der Waals surface area contributed by atoms with Gasteiger partial charge in [-0.2, -0.15) is 0 Å². The molecular formula is C20H18FN3O3. The Hall–Kier alpha value is -3.48. The molecule has 0 aliphatic carbocycles. The van der Waals surface area contributed by atoms with Crippen LogP contribution < -0.4 is 14.8 Å². The lowest BCUT2D eigenvalue weighted by Crippen LogP contribution is -2.23. The van der Waals surface area contributed by atoms with Crippen LogP contribution in [0.5, 0.6) is 11.5 Å². The van der Waals surface area contributed by atoms with Crippen molar-refractivity contribution in [3.63, 3.8) is 0 Å². The minimum Gasteiger partial charge on any atom is -0.497 e. The molecule has 6 nitrogen and oxygen atoms in total. The van der Waals surface area contributed by atoms with Crippen molar-refractivity contribution < 1.29 is 18.7 Å². The number of hydrogen-bond donors (Lipinski definition) is 1. The number of amides is 1. The van der Waals surface area contributed by atoms with Gasteiger partial charge in [0, 0.05) is 11.1 Å². The summed E-state index contributed by atoms with van der Waals surface area (Å²) in [5.41, 5.74) is 2.48. The predicted octanol–water partition coefficient (Wildman–Crippen LogP) is 3.23. The molecule has 0 aliphatic heterocycles. The molecule has 0 aliphatic rings. The highest BCUT2D eigenvalue weighted by atomic mass is 19.1. The number of hydrogen-bond acceptors (Lipinski definition) is 5. The van der Waals surface area contributed by atoms with Gasteiger partial charge in [0.25, 0.3) is 5.91 Å². The Morgan fingerprint density at radius 2 is 1.81 bits per heavy atom. The van der Waals surface area contributed by atoms with E-state index in [9.17, 15) is 9.18 Å². The fraction of sp³-hybridized carbons (Fsp3) is 0.150. The largest absolute Gasteiger partial charge is 0.497 e. The van der Waals surface area contributed by atoms with Gasteiger partial charge in [-0.15, -0.1) is 0 Å². The lowest BCUT2D eigenvalue weighted by Gasteiger charge is -2.08. The van der Waals surface area contributed by atoms with E-state index in [-0.39, 0.29) is 17.9 Å². The summed E-state index contributed by atoms with van der Waals surface area (Å²) < 4.78 is 23.7. The molecule has 1 amide bonds. The third kappa shape index (κ3) is 4.38. The topological polar surface area (TPSA) is 73.3 Å². The van der Waals surface area contributed by atoms with Crippen LogP contribution in [0.3, 0.4) is 0 Å². The summed E-state index contributed by atoms with van der Waals surface area (Å²) in [5, 5.41) is 2.72. The fourth-order valence-corrected chi connectivity index (χ4v) is 2.49. The number of carbonyl (C=O) groups excluding carboxylic acids is 1. The zero-order chi connectivity index (χ0) is 19.2. The van der Waals surface area contributed by atoms with E-state index >= 15 is 0 Å². The lowest BCUT2D eigenvalue weighted by atomic mass is 10.1. The number of nitrogens with zero attached hydrogens (tertiary/aromatic N) is 2. The van der Waals surface area contributed by atoms with Crippen molar-refractivity contribution in [1.29, 1.82) is 0 Å². The summed E-state index contributed by atoms with van der Waals surface area (Å²) in [6, 6.07) is 13.3. The van der Waals surface area contributed by atoms with Crippen LogP contribution in [0.25, 0.3) is 11.3 Å². The molecule has 0 fully saturated rings. The van der Waals surface area contributed by atoms with Gasteiger partial charge in [-0.25, -0.2) is 14.4 Å². The first kappa shape index (κ1) is 18.3. The van der Waals surface area contributed by atoms with Gasteiger partial charge in [0.05, 0.1) is 32.2 Å². The zero-order valence-corrected chi connectivity index (χ0v) is 14.9. The minimum atomic E-state index is -0.589. The van der Waals surface area contributed by atoms with Crippen LogP contribution in [-0.4, -0.2) is 30.1 Å². The minimum absolute atomic E-state index is 0.0893. The van der Waals surface area contributed by atoms with Crippen LogP contribution in [-0.2, 0) is 6.54 Å². The monoisotopic (exact) mass is 367 g/mol. The molecule has 3 aromatic rings. The number of aromatic nitrogens is 2. The SMILES string of the molecule is COc1ccc(-c2cc(CNC(=O)c3ccc(OC)c(F)c3)ncn2)cc1. The molecule has 0 spiro atoms. The van der Waals surface area contributed by atoms with Crippen molar-refractivity contribution in [2.75, 3.05) is 14.2 Å². The predicted molar refractivity (Wildman–Crippen MR) is 98.1 cm³/mol. The number of ether oxygens (including phenoxy) is 2. The quantitative estimate of drug-likeness (QED) is 0.724. The molecule has 27 heavy (non-hydrogen) atoms. The van der Waals surface area contributed by atoms with Crippen molar-refractivity contribution in [2.45, 2.75) is 6.54 Å². The average molecular weight is 367 g/mol. The molecule has 3 rings (SSSR count). The van der Waals surface area contributed by atoms with Gasteiger partial charge in [-0.3, -0.25) is 4.79 Å². The van der Waals surface area contributed by atoms with Crippen molar-refractivity contribution in [3.8, 4) is 22.8 Å². The molecule has 0 bridgehead atoms. The van der Waals surface area contributed by atoms with E-state index in [0.29, 0.717) is 5.69 Å². The van der Waals surface area contributed by atoms with Gasteiger partial charge in [0.2, 0.25) is 0 Å². The highest BCUT2D eigenvalue weighted by molar-refractivity contribution is 5.94. The average Bonchev–Trinajstić information content (AvgIpc) is 2.72. The van der Waals surface area contributed by atoms with E-state index in [4.69, 9.17) is 9.47 Å². The second-order valence-electron chi connectivity index (χ2n) is 5.66. The number of halogens is 1. The second-order valence-corrected chi connectivity index (χ2v) is 5.66. The summed E-state index contributed by atoms with van der Waals surface area (Å²) in [6.45, 7) is 0.193. The molecule has 0 unspecified atom stereocenters. The number of benzene rings is 2. The number of nitrogens with one attached hydrogen (secondary N) is 1. The summed E-state index contributed by atoms with van der Waals surface area (Å²) in [5.74, 6) is -0.145. The molecule has 138 valence electrons. The Labute approximate surface area is 156 Å². The van der Waals surface area contributed by atoms with E-state index < -0.39 is 11.7 Å². The summed E-state index contributed by atoms with van der Waals surface area (Å²) in [7, 11) is 2.98. The highest BCUT2D eigenvalue weighted by Crippen LogP contribution is 2.21. The number of rotatable bonds is 6. The molecule has 0 radical (unpaired) electrons. The van der Waals surface area contributed by atoms with Gasteiger partial charge >= 0.3 is 0 Å². The van der Waals surface area contributed by atoms with Crippen LogP contribution in [0.1, 0.15) is 16.1 Å². The van der Waals surface area contributed by atoms with E-state index in [1.54, 1.807) is 13.2 Å². The Bertz CT molecular complexity index is 945. The Morgan fingerprint density at radius 1 is 1.04 bits per heavy atom. The highest BCUT2D eigenvalue weighted by Gasteiger charge is 2.10. The maximum absolute atomic E-state index is 13.7. The third-order valence-corrected chi connectivity index (χ3v) is 3.95. The molecule has 1 N–H and O–H groups in total. The number of carbonyl (C=O) groups is 1. The molecule has 1 heterocycles. The normalized spacial score (nSPS) is 10.3. The van der Waals surface area contributed by atoms with Crippen LogP contribution >= 0.6 is 0 Å². The first-order valence-electron chi connectivity index (χ1n) is 8.18. The lowest BCUT2D eigenvalue weighted by molar-refractivity contribution is 0.0950. The van der Waals surface area contributed by atoms with Crippen LogP contribution in [0.15, 0.2) is 54.9 Å². The van der Waals surface area contributed by atoms with Crippen molar-refractivity contribution in [3.05, 3.63) is 71.9 Å².